The highest BCUT2D eigenvalue weighted by atomic mass is 15.3. The first-order valence-corrected chi connectivity index (χ1v) is 4.98. The number of nitrogens with zero attached hydrogens (tertiary/aromatic N) is 4. The number of hydrogen-bond acceptors (Lipinski definition) is 4. The van der Waals surface area contributed by atoms with Crippen molar-refractivity contribution in [1.29, 1.82) is 5.26 Å². The van der Waals surface area contributed by atoms with Gasteiger partial charge in [-0.3, -0.25) is 4.68 Å². The van der Waals surface area contributed by atoms with Crippen LogP contribution in [0.25, 0.3) is 0 Å². The van der Waals surface area contributed by atoms with E-state index < -0.39 is 0 Å². The summed E-state index contributed by atoms with van der Waals surface area (Å²) < 4.78 is 1.81. The van der Waals surface area contributed by atoms with Gasteiger partial charge >= 0.3 is 0 Å². The second-order valence-corrected chi connectivity index (χ2v) is 3.73. The van der Waals surface area contributed by atoms with Gasteiger partial charge in [-0.1, -0.05) is 0 Å². The molecule has 0 spiro atoms. The molecule has 0 aliphatic heterocycles. The highest BCUT2D eigenvalue weighted by molar-refractivity contribution is 5.30. The topological polar surface area (TPSA) is 70.9 Å². The normalized spacial score (nSPS) is 12.7. The lowest BCUT2D eigenvalue weighted by molar-refractivity contribution is 0.247. The summed E-state index contributed by atoms with van der Waals surface area (Å²) in [6.45, 7) is 3.70. The molecule has 0 fully saturated rings. The van der Waals surface area contributed by atoms with Crippen molar-refractivity contribution in [3.05, 3.63) is 12.4 Å². The fraction of sp³-hybridized carbons (Fsp3) is 0.600. The zero-order valence-corrected chi connectivity index (χ0v) is 9.22. The Labute approximate surface area is 90.1 Å². The van der Waals surface area contributed by atoms with Crippen LogP contribution in [0.5, 0.6) is 0 Å². The highest BCUT2D eigenvalue weighted by Gasteiger charge is 2.08. The molecule has 0 saturated carbocycles. The van der Waals surface area contributed by atoms with E-state index in [4.69, 9.17) is 11.0 Å². The summed E-state index contributed by atoms with van der Waals surface area (Å²) in [4.78, 5) is 2.14. The van der Waals surface area contributed by atoms with Crippen LogP contribution < -0.4 is 5.73 Å². The summed E-state index contributed by atoms with van der Waals surface area (Å²) in [7, 11) is 2.01. The van der Waals surface area contributed by atoms with Crippen molar-refractivity contribution in [3.63, 3.8) is 0 Å². The van der Waals surface area contributed by atoms with Gasteiger partial charge in [-0.2, -0.15) is 10.4 Å². The van der Waals surface area contributed by atoms with Gasteiger partial charge in [0.25, 0.3) is 0 Å². The molecule has 15 heavy (non-hydrogen) atoms. The third-order valence-corrected chi connectivity index (χ3v) is 2.47. The van der Waals surface area contributed by atoms with Gasteiger partial charge < -0.3 is 10.6 Å². The summed E-state index contributed by atoms with van der Waals surface area (Å²) in [5, 5.41) is 12.7. The minimum atomic E-state index is 0.280. The van der Waals surface area contributed by atoms with Crippen molar-refractivity contribution in [2.24, 2.45) is 0 Å². The Kier molecular flexibility index (Phi) is 4.13. The first-order valence-electron chi connectivity index (χ1n) is 4.98. The van der Waals surface area contributed by atoms with Gasteiger partial charge in [-0.05, 0) is 14.0 Å². The van der Waals surface area contributed by atoms with Crippen LogP contribution in [0, 0.1) is 11.3 Å². The van der Waals surface area contributed by atoms with Crippen molar-refractivity contribution in [2.75, 3.05) is 19.3 Å². The van der Waals surface area contributed by atoms with E-state index in [1.54, 1.807) is 6.20 Å². The van der Waals surface area contributed by atoms with E-state index in [2.05, 4.69) is 16.1 Å². The molecule has 1 heterocycles. The summed E-state index contributed by atoms with van der Waals surface area (Å²) in [5.74, 6) is 0. The van der Waals surface area contributed by atoms with Gasteiger partial charge in [-0.25, -0.2) is 0 Å². The van der Waals surface area contributed by atoms with E-state index in [9.17, 15) is 0 Å². The number of rotatable bonds is 5. The first-order chi connectivity index (χ1) is 7.13. The number of nitrogens with two attached hydrogens (primary N) is 1. The van der Waals surface area contributed by atoms with E-state index in [0.29, 0.717) is 12.1 Å². The van der Waals surface area contributed by atoms with Crippen molar-refractivity contribution < 1.29 is 0 Å². The zero-order chi connectivity index (χ0) is 11.3. The second kappa shape index (κ2) is 5.37. The van der Waals surface area contributed by atoms with Gasteiger partial charge in [0, 0.05) is 18.8 Å². The fourth-order valence-corrected chi connectivity index (χ4v) is 1.27. The molecule has 0 aliphatic carbocycles. The van der Waals surface area contributed by atoms with E-state index >= 15 is 0 Å². The summed E-state index contributed by atoms with van der Waals surface area (Å²) in [6, 6.07) is 2.45. The minimum Gasteiger partial charge on any atom is -0.396 e. The molecule has 1 atom stereocenters. The number of nitriles is 1. The number of likely N-dealkylation sites (N-methyl/N-ethyl adjacent to an activating group) is 1. The van der Waals surface area contributed by atoms with E-state index in [0.717, 1.165) is 13.1 Å². The molecule has 2 N–H and O–H groups in total. The fourth-order valence-electron chi connectivity index (χ4n) is 1.27. The number of anilines is 1. The molecule has 0 bridgehead atoms. The van der Waals surface area contributed by atoms with Crippen molar-refractivity contribution in [2.45, 2.75) is 25.9 Å². The predicted molar refractivity (Wildman–Crippen MR) is 59.0 cm³/mol. The molecular weight excluding hydrogens is 190 g/mol. The maximum atomic E-state index is 8.56. The Morgan fingerprint density at radius 1 is 1.73 bits per heavy atom. The van der Waals surface area contributed by atoms with Gasteiger partial charge in [0.2, 0.25) is 0 Å². The van der Waals surface area contributed by atoms with Crippen molar-refractivity contribution >= 4 is 5.69 Å². The van der Waals surface area contributed by atoms with Gasteiger partial charge in [0.15, 0.2) is 0 Å². The van der Waals surface area contributed by atoms with E-state index in [1.807, 2.05) is 24.9 Å². The summed E-state index contributed by atoms with van der Waals surface area (Å²) in [6.07, 6.45) is 4.00. The Balaban J connectivity index is 2.34. The highest BCUT2D eigenvalue weighted by Crippen LogP contribution is 2.02. The molecule has 1 rings (SSSR count). The lowest BCUT2D eigenvalue weighted by Crippen LogP contribution is -2.31. The lowest BCUT2D eigenvalue weighted by Gasteiger charge is -2.22. The van der Waals surface area contributed by atoms with Gasteiger partial charge in [0.05, 0.1) is 30.9 Å². The molecule has 0 saturated heterocycles. The maximum absolute atomic E-state index is 8.56. The van der Waals surface area contributed by atoms with Crippen LogP contribution in [0.1, 0.15) is 13.3 Å². The second-order valence-electron chi connectivity index (χ2n) is 3.73. The van der Waals surface area contributed by atoms with Gasteiger partial charge in [-0.15, -0.1) is 0 Å². The summed E-state index contributed by atoms with van der Waals surface area (Å²) in [5.41, 5.74) is 6.24. The lowest BCUT2D eigenvalue weighted by atomic mass is 10.2. The Morgan fingerprint density at radius 2 is 2.47 bits per heavy atom. The van der Waals surface area contributed by atoms with Crippen LogP contribution in [-0.4, -0.2) is 34.3 Å². The predicted octanol–water partition coefficient (Wildman–Crippen LogP) is 0.699. The minimum absolute atomic E-state index is 0.280. The molecule has 1 aromatic heterocycles. The monoisotopic (exact) mass is 207 g/mol. The molecule has 82 valence electrons. The molecule has 0 radical (unpaired) electrons. The Morgan fingerprint density at radius 3 is 3.00 bits per heavy atom. The molecule has 1 aromatic rings. The number of aromatic nitrogens is 2. The van der Waals surface area contributed by atoms with E-state index in [-0.39, 0.29) is 6.04 Å². The molecule has 0 aliphatic rings. The molecule has 1 unspecified atom stereocenters. The average molecular weight is 207 g/mol. The van der Waals surface area contributed by atoms with Crippen LogP contribution in [0.15, 0.2) is 12.4 Å². The molecule has 5 heteroatoms. The number of nitrogen functional groups attached to an aromatic ring is 1. The average Bonchev–Trinajstić information content (AvgIpc) is 2.61. The van der Waals surface area contributed by atoms with Gasteiger partial charge in [0.1, 0.15) is 0 Å². The van der Waals surface area contributed by atoms with Crippen LogP contribution in [-0.2, 0) is 6.54 Å². The smallest absolute Gasteiger partial charge is 0.0719 e. The Hall–Kier alpha value is -1.54. The Bertz CT molecular complexity index is 338. The van der Waals surface area contributed by atoms with Crippen LogP contribution >= 0.6 is 0 Å². The zero-order valence-electron chi connectivity index (χ0n) is 9.22. The maximum Gasteiger partial charge on any atom is 0.0719 e. The first kappa shape index (κ1) is 11.5. The quantitative estimate of drug-likeness (QED) is 0.771. The molecule has 5 nitrogen and oxygen atoms in total. The van der Waals surface area contributed by atoms with Crippen LogP contribution in [0.2, 0.25) is 0 Å². The third kappa shape index (κ3) is 3.60. The van der Waals surface area contributed by atoms with Crippen molar-refractivity contribution in [1.82, 2.24) is 14.7 Å². The molecule has 0 amide bonds. The molecule has 0 aromatic carbocycles. The SMILES string of the molecule is CC(CC#N)N(C)CCn1cc(N)cn1. The number of hydrogen-bond donors (Lipinski definition) is 1. The molecular formula is C10H17N5. The largest absolute Gasteiger partial charge is 0.396 e. The van der Waals surface area contributed by atoms with Crippen LogP contribution in [0.4, 0.5) is 5.69 Å². The van der Waals surface area contributed by atoms with E-state index in [1.165, 1.54) is 0 Å². The third-order valence-electron chi connectivity index (χ3n) is 2.47. The summed E-state index contributed by atoms with van der Waals surface area (Å²) >= 11 is 0. The van der Waals surface area contributed by atoms with Crippen molar-refractivity contribution in [3.8, 4) is 6.07 Å². The standard InChI is InChI=1S/C10H17N5/c1-9(3-4-11)14(2)5-6-15-8-10(12)7-13-15/h7-9H,3,5-6,12H2,1-2H3. The van der Waals surface area contributed by atoms with Crippen LogP contribution in [0.3, 0.4) is 0 Å².